The average molecular weight is 302 g/mol. The van der Waals surface area contributed by atoms with Crippen molar-refractivity contribution in [2.24, 2.45) is 0 Å². The molecule has 5 heteroatoms. The van der Waals surface area contributed by atoms with Crippen molar-refractivity contribution < 1.29 is 14.6 Å². The topological polar surface area (TPSA) is 58.6 Å². The summed E-state index contributed by atoms with van der Waals surface area (Å²) in [7, 11) is 0. The Morgan fingerprint density at radius 1 is 1.41 bits per heavy atom. The minimum Gasteiger partial charge on any atom is -0.481 e. The van der Waals surface area contributed by atoms with Crippen molar-refractivity contribution in [1.29, 1.82) is 0 Å². The molecule has 0 saturated heterocycles. The largest absolute Gasteiger partial charge is 0.481 e. The summed E-state index contributed by atoms with van der Waals surface area (Å²) in [6.07, 6.45) is -0.592. The molecule has 17 heavy (non-hydrogen) atoms. The summed E-state index contributed by atoms with van der Waals surface area (Å²) in [5.41, 5.74) is 0. The van der Waals surface area contributed by atoms with Crippen LogP contribution in [0.2, 0.25) is 0 Å². The summed E-state index contributed by atoms with van der Waals surface area (Å²) in [5.74, 6) is 0.391. The van der Waals surface area contributed by atoms with Crippen molar-refractivity contribution in [1.82, 2.24) is 5.32 Å². The lowest BCUT2D eigenvalue weighted by Crippen LogP contribution is -2.42. The number of hydrogen-bond donors (Lipinski definition) is 2. The van der Waals surface area contributed by atoms with Gasteiger partial charge in [-0.05, 0) is 38.1 Å². The van der Waals surface area contributed by atoms with Crippen molar-refractivity contribution in [2.75, 3.05) is 6.61 Å². The van der Waals surface area contributed by atoms with E-state index in [1.165, 1.54) is 0 Å². The molecule has 1 rings (SSSR count). The fraction of sp³-hybridized carbons (Fsp3) is 0.417. The maximum atomic E-state index is 11.6. The van der Waals surface area contributed by atoms with Crippen molar-refractivity contribution in [3.05, 3.63) is 28.7 Å². The van der Waals surface area contributed by atoms with Gasteiger partial charge in [0.1, 0.15) is 5.75 Å². The molecule has 0 bridgehead atoms. The summed E-state index contributed by atoms with van der Waals surface area (Å²) in [5, 5.41) is 11.5. The first-order valence-electron chi connectivity index (χ1n) is 5.36. The lowest BCUT2D eigenvalue weighted by molar-refractivity contribution is -0.128. The first-order chi connectivity index (χ1) is 8.02. The Kier molecular flexibility index (Phi) is 5.44. The van der Waals surface area contributed by atoms with Gasteiger partial charge in [0, 0.05) is 10.5 Å². The predicted octanol–water partition coefficient (Wildman–Crippen LogP) is 1.71. The Morgan fingerprint density at radius 2 is 2.00 bits per heavy atom. The van der Waals surface area contributed by atoms with Gasteiger partial charge in [-0.1, -0.05) is 15.9 Å². The second-order valence-corrected chi connectivity index (χ2v) is 4.72. The SMILES string of the molecule is CC(Oc1ccc(Br)cc1)C(=O)N[C@H](C)CO. The summed E-state index contributed by atoms with van der Waals surface area (Å²) >= 11 is 3.32. The van der Waals surface area contributed by atoms with E-state index in [9.17, 15) is 4.79 Å². The molecule has 2 atom stereocenters. The molecule has 94 valence electrons. The molecule has 1 amide bonds. The monoisotopic (exact) mass is 301 g/mol. The van der Waals surface area contributed by atoms with Crippen LogP contribution in [0.15, 0.2) is 28.7 Å². The molecule has 0 heterocycles. The zero-order valence-corrected chi connectivity index (χ0v) is 11.4. The lowest BCUT2D eigenvalue weighted by Gasteiger charge is -2.17. The van der Waals surface area contributed by atoms with E-state index < -0.39 is 6.10 Å². The van der Waals surface area contributed by atoms with Gasteiger partial charge in [0.05, 0.1) is 6.61 Å². The van der Waals surface area contributed by atoms with Gasteiger partial charge in [0.25, 0.3) is 5.91 Å². The number of nitrogens with one attached hydrogen (secondary N) is 1. The zero-order valence-electron chi connectivity index (χ0n) is 9.81. The normalized spacial score (nSPS) is 13.9. The molecule has 0 aliphatic carbocycles. The smallest absolute Gasteiger partial charge is 0.261 e. The Bertz CT molecular complexity index is 367. The van der Waals surface area contributed by atoms with Crippen LogP contribution >= 0.6 is 15.9 Å². The van der Waals surface area contributed by atoms with Crippen LogP contribution in [0.5, 0.6) is 5.75 Å². The molecule has 0 fully saturated rings. The maximum Gasteiger partial charge on any atom is 0.261 e. The van der Waals surface area contributed by atoms with Crippen LogP contribution in [0.4, 0.5) is 0 Å². The summed E-state index contributed by atoms with van der Waals surface area (Å²) in [4.78, 5) is 11.6. The van der Waals surface area contributed by atoms with Gasteiger partial charge in [-0.15, -0.1) is 0 Å². The summed E-state index contributed by atoms with van der Waals surface area (Å²) in [6.45, 7) is 3.31. The van der Waals surface area contributed by atoms with Gasteiger partial charge in [-0.3, -0.25) is 4.79 Å². The molecule has 1 aromatic rings. The second-order valence-electron chi connectivity index (χ2n) is 3.81. The fourth-order valence-electron chi connectivity index (χ4n) is 1.18. The van der Waals surface area contributed by atoms with E-state index in [0.717, 1.165) is 4.47 Å². The molecule has 0 aliphatic heterocycles. The van der Waals surface area contributed by atoms with Crippen LogP contribution in [-0.2, 0) is 4.79 Å². The van der Waals surface area contributed by atoms with Gasteiger partial charge < -0.3 is 15.2 Å². The van der Waals surface area contributed by atoms with E-state index in [-0.39, 0.29) is 18.6 Å². The maximum absolute atomic E-state index is 11.6. The third kappa shape index (κ3) is 4.75. The molecule has 1 aromatic carbocycles. The van der Waals surface area contributed by atoms with Crippen LogP contribution < -0.4 is 10.1 Å². The quantitative estimate of drug-likeness (QED) is 0.870. The standard InChI is InChI=1S/C12H16BrNO3/c1-8(7-15)14-12(16)9(2)17-11-5-3-10(13)4-6-11/h3-6,8-9,15H,7H2,1-2H3,(H,14,16)/t8-,9?/m1/s1. The first-order valence-corrected chi connectivity index (χ1v) is 6.15. The van der Waals surface area contributed by atoms with Gasteiger partial charge >= 0.3 is 0 Å². The van der Waals surface area contributed by atoms with E-state index in [1.54, 1.807) is 26.0 Å². The van der Waals surface area contributed by atoms with Gasteiger partial charge in [0.15, 0.2) is 6.10 Å². The Morgan fingerprint density at radius 3 is 2.53 bits per heavy atom. The predicted molar refractivity (Wildman–Crippen MR) is 68.9 cm³/mol. The van der Waals surface area contributed by atoms with Crippen molar-refractivity contribution in [3.8, 4) is 5.75 Å². The molecular weight excluding hydrogens is 286 g/mol. The Balaban J connectivity index is 2.51. The average Bonchev–Trinajstić information content (AvgIpc) is 2.31. The molecule has 0 radical (unpaired) electrons. The molecule has 0 saturated carbocycles. The Labute approximate surface area is 109 Å². The number of amides is 1. The second kappa shape index (κ2) is 6.61. The number of aliphatic hydroxyl groups excluding tert-OH is 1. The van der Waals surface area contributed by atoms with Crippen molar-refractivity contribution in [2.45, 2.75) is 26.0 Å². The zero-order chi connectivity index (χ0) is 12.8. The van der Waals surface area contributed by atoms with E-state index in [0.29, 0.717) is 5.75 Å². The van der Waals surface area contributed by atoms with Crippen LogP contribution in [-0.4, -0.2) is 29.8 Å². The molecule has 0 aromatic heterocycles. The molecule has 1 unspecified atom stereocenters. The number of halogens is 1. The Hall–Kier alpha value is -1.07. The number of rotatable bonds is 5. The summed E-state index contributed by atoms with van der Waals surface area (Å²) in [6, 6.07) is 6.98. The van der Waals surface area contributed by atoms with Crippen LogP contribution in [0.3, 0.4) is 0 Å². The number of hydrogen-bond acceptors (Lipinski definition) is 3. The first kappa shape index (κ1) is 14.0. The number of aliphatic hydroxyl groups is 1. The van der Waals surface area contributed by atoms with Gasteiger partial charge in [-0.2, -0.15) is 0 Å². The minimum atomic E-state index is -0.592. The number of carbonyl (C=O) groups excluding carboxylic acids is 1. The van der Waals surface area contributed by atoms with E-state index in [1.807, 2.05) is 12.1 Å². The number of benzene rings is 1. The number of ether oxygens (including phenoxy) is 1. The van der Waals surface area contributed by atoms with E-state index in [4.69, 9.17) is 9.84 Å². The highest BCUT2D eigenvalue weighted by atomic mass is 79.9. The molecule has 0 aliphatic rings. The third-order valence-electron chi connectivity index (χ3n) is 2.16. The molecule has 0 spiro atoms. The highest BCUT2D eigenvalue weighted by Crippen LogP contribution is 2.17. The minimum absolute atomic E-state index is 0.0866. The van der Waals surface area contributed by atoms with Crippen LogP contribution in [0, 0.1) is 0 Å². The van der Waals surface area contributed by atoms with Gasteiger partial charge in [-0.25, -0.2) is 0 Å². The van der Waals surface area contributed by atoms with Gasteiger partial charge in [0.2, 0.25) is 0 Å². The molecule has 2 N–H and O–H groups in total. The lowest BCUT2D eigenvalue weighted by atomic mass is 10.3. The summed E-state index contributed by atoms with van der Waals surface area (Å²) < 4.78 is 6.42. The fourth-order valence-corrected chi connectivity index (χ4v) is 1.44. The number of carbonyl (C=O) groups is 1. The highest BCUT2D eigenvalue weighted by Gasteiger charge is 2.16. The van der Waals surface area contributed by atoms with E-state index in [2.05, 4.69) is 21.2 Å². The van der Waals surface area contributed by atoms with Crippen molar-refractivity contribution >= 4 is 21.8 Å². The molecular formula is C12H16BrNO3. The third-order valence-corrected chi connectivity index (χ3v) is 2.69. The van der Waals surface area contributed by atoms with Crippen LogP contribution in [0.1, 0.15) is 13.8 Å². The highest BCUT2D eigenvalue weighted by molar-refractivity contribution is 9.10. The molecule has 4 nitrogen and oxygen atoms in total. The van der Waals surface area contributed by atoms with Crippen molar-refractivity contribution in [3.63, 3.8) is 0 Å². The van der Waals surface area contributed by atoms with E-state index >= 15 is 0 Å². The van der Waals surface area contributed by atoms with Crippen LogP contribution in [0.25, 0.3) is 0 Å².